The van der Waals surface area contributed by atoms with E-state index in [1.807, 2.05) is 6.20 Å². The van der Waals surface area contributed by atoms with E-state index < -0.39 is 0 Å². The summed E-state index contributed by atoms with van der Waals surface area (Å²) in [4.78, 5) is 11.2. The van der Waals surface area contributed by atoms with Crippen molar-refractivity contribution in [2.45, 2.75) is 32.2 Å². The number of nitrogens with one attached hydrogen (secondary N) is 2. The first kappa shape index (κ1) is 10.0. The van der Waals surface area contributed by atoms with Crippen LogP contribution in [0, 0.1) is 0 Å². The maximum absolute atomic E-state index is 11.2. The van der Waals surface area contributed by atoms with E-state index in [1.165, 1.54) is 5.56 Å². The maximum atomic E-state index is 11.2. The molecule has 0 aliphatic heterocycles. The van der Waals surface area contributed by atoms with Gasteiger partial charge in [-0.25, -0.2) is 4.79 Å². The van der Waals surface area contributed by atoms with E-state index in [9.17, 15) is 4.79 Å². The highest BCUT2D eigenvalue weighted by Crippen LogP contribution is 2.18. The number of fused-ring (bicyclic) bond motifs is 1. The minimum atomic E-state index is -0.328. The molecule has 1 atom stereocenters. The minimum absolute atomic E-state index is 0.164. The van der Waals surface area contributed by atoms with E-state index in [1.54, 1.807) is 6.92 Å². The molecule has 0 saturated carbocycles. The van der Waals surface area contributed by atoms with Crippen LogP contribution in [-0.2, 0) is 17.6 Å². The van der Waals surface area contributed by atoms with E-state index in [4.69, 9.17) is 4.74 Å². The first-order valence-electron chi connectivity index (χ1n) is 5.24. The highest BCUT2D eigenvalue weighted by molar-refractivity contribution is 5.67. The molecule has 1 heterocycles. The lowest BCUT2D eigenvalue weighted by atomic mass is 9.94. The molecular weight excluding hydrogens is 194 g/mol. The third-order valence-corrected chi connectivity index (χ3v) is 2.62. The molecule has 2 N–H and O–H groups in total. The predicted molar refractivity (Wildman–Crippen MR) is 54.6 cm³/mol. The maximum Gasteiger partial charge on any atom is 0.407 e. The van der Waals surface area contributed by atoms with Crippen LogP contribution in [0.15, 0.2) is 6.20 Å². The molecule has 1 aromatic heterocycles. The first-order valence-corrected chi connectivity index (χ1v) is 5.24. The molecule has 1 aromatic rings. The normalized spacial score (nSPS) is 19.4. The van der Waals surface area contributed by atoms with Crippen LogP contribution >= 0.6 is 0 Å². The fraction of sp³-hybridized carbons (Fsp3) is 0.600. The van der Waals surface area contributed by atoms with Crippen molar-refractivity contribution in [1.29, 1.82) is 0 Å². The number of carbonyl (C=O) groups excluding carboxylic acids is 1. The van der Waals surface area contributed by atoms with Crippen LogP contribution in [0.1, 0.15) is 24.6 Å². The lowest BCUT2D eigenvalue weighted by molar-refractivity contribution is 0.147. The number of alkyl carbamates (subject to hydrolysis) is 1. The van der Waals surface area contributed by atoms with Gasteiger partial charge in [0, 0.05) is 18.2 Å². The van der Waals surface area contributed by atoms with E-state index in [-0.39, 0.29) is 12.1 Å². The average Bonchev–Trinajstić information content (AvgIpc) is 2.65. The van der Waals surface area contributed by atoms with E-state index in [0.29, 0.717) is 6.61 Å². The van der Waals surface area contributed by atoms with Crippen molar-refractivity contribution < 1.29 is 9.53 Å². The number of aryl methyl sites for hydroxylation is 1. The molecule has 1 aliphatic rings. The number of hydrogen-bond acceptors (Lipinski definition) is 3. The minimum Gasteiger partial charge on any atom is -0.450 e. The third kappa shape index (κ3) is 2.29. The summed E-state index contributed by atoms with van der Waals surface area (Å²) in [5, 5.41) is 9.78. The number of nitrogens with zero attached hydrogens (tertiary/aromatic N) is 1. The second kappa shape index (κ2) is 4.33. The van der Waals surface area contributed by atoms with Gasteiger partial charge in [-0.3, -0.25) is 5.10 Å². The quantitative estimate of drug-likeness (QED) is 0.764. The van der Waals surface area contributed by atoms with Gasteiger partial charge in [-0.2, -0.15) is 5.10 Å². The molecule has 1 unspecified atom stereocenters. The predicted octanol–water partition coefficient (Wildman–Crippen LogP) is 1.01. The van der Waals surface area contributed by atoms with Gasteiger partial charge in [-0.15, -0.1) is 0 Å². The average molecular weight is 209 g/mol. The lowest BCUT2D eigenvalue weighted by Crippen LogP contribution is -2.39. The van der Waals surface area contributed by atoms with Gasteiger partial charge < -0.3 is 10.1 Å². The summed E-state index contributed by atoms with van der Waals surface area (Å²) < 4.78 is 4.84. The number of amides is 1. The molecule has 2 rings (SSSR count). The van der Waals surface area contributed by atoms with Gasteiger partial charge in [0.15, 0.2) is 0 Å². The van der Waals surface area contributed by atoms with Gasteiger partial charge in [0.25, 0.3) is 0 Å². The van der Waals surface area contributed by atoms with Crippen LogP contribution in [0.4, 0.5) is 4.79 Å². The topological polar surface area (TPSA) is 67.0 Å². The second-order valence-electron chi connectivity index (χ2n) is 3.68. The van der Waals surface area contributed by atoms with Gasteiger partial charge in [0.2, 0.25) is 0 Å². The van der Waals surface area contributed by atoms with Crippen molar-refractivity contribution in [3.63, 3.8) is 0 Å². The Morgan fingerprint density at radius 2 is 2.67 bits per heavy atom. The van der Waals surface area contributed by atoms with Crippen molar-refractivity contribution in [2.75, 3.05) is 6.61 Å². The molecule has 5 nitrogen and oxygen atoms in total. The number of carbonyl (C=O) groups is 1. The molecule has 1 amide bonds. The summed E-state index contributed by atoms with van der Waals surface area (Å²) >= 11 is 0. The Bertz CT molecular complexity index is 348. The van der Waals surface area contributed by atoms with E-state index in [2.05, 4.69) is 15.5 Å². The number of H-pyrrole nitrogens is 1. The summed E-state index contributed by atoms with van der Waals surface area (Å²) in [5.74, 6) is 0. The lowest BCUT2D eigenvalue weighted by Gasteiger charge is -2.22. The standard InChI is InChI=1S/C10H15N3O2/c1-2-15-10(14)12-8-4-3-7-6-11-13-9(7)5-8/h6,8H,2-5H2,1H3,(H,11,13)(H,12,14). The molecule has 0 saturated heterocycles. The second-order valence-corrected chi connectivity index (χ2v) is 3.68. The number of hydrogen-bond donors (Lipinski definition) is 2. The fourth-order valence-electron chi connectivity index (χ4n) is 1.87. The molecule has 0 aromatic carbocycles. The van der Waals surface area contributed by atoms with Gasteiger partial charge in [0.1, 0.15) is 0 Å². The largest absolute Gasteiger partial charge is 0.450 e. The van der Waals surface area contributed by atoms with Crippen molar-refractivity contribution in [3.8, 4) is 0 Å². The number of aromatic nitrogens is 2. The van der Waals surface area contributed by atoms with Gasteiger partial charge in [-0.05, 0) is 25.3 Å². The molecule has 0 radical (unpaired) electrons. The monoisotopic (exact) mass is 209 g/mol. The number of aromatic amines is 1. The molecule has 0 spiro atoms. The van der Waals surface area contributed by atoms with Crippen LogP contribution in [0.2, 0.25) is 0 Å². The van der Waals surface area contributed by atoms with Gasteiger partial charge >= 0.3 is 6.09 Å². The van der Waals surface area contributed by atoms with Crippen molar-refractivity contribution in [3.05, 3.63) is 17.5 Å². The Labute approximate surface area is 88.2 Å². The highest BCUT2D eigenvalue weighted by atomic mass is 16.5. The Morgan fingerprint density at radius 1 is 1.80 bits per heavy atom. The van der Waals surface area contributed by atoms with Gasteiger partial charge in [0.05, 0.1) is 12.8 Å². The number of ether oxygens (including phenoxy) is 1. The van der Waals surface area contributed by atoms with Crippen LogP contribution in [0.5, 0.6) is 0 Å². The smallest absolute Gasteiger partial charge is 0.407 e. The van der Waals surface area contributed by atoms with E-state index >= 15 is 0 Å². The van der Waals surface area contributed by atoms with Crippen LogP contribution in [0.25, 0.3) is 0 Å². The molecule has 5 heteroatoms. The molecule has 82 valence electrons. The zero-order valence-corrected chi connectivity index (χ0v) is 8.75. The Hall–Kier alpha value is -1.52. The summed E-state index contributed by atoms with van der Waals surface area (Å²) in [5.41, 5.74) is 2.39. The molecule has 15 heavy (non-hydrogen) atoms. The third-order valence-electron chi connectivity index (χ3n) is 2.62. The molecule has 0 fully saturated rings. The zero-order valence-electron chi connectivity index (χ0n) is 8.75. The van der Waals surface area contributed by atoms with E-state index in [0.717, 1.165) is 25.0 Å². The first-order chi connectivity index (χ1) is 7.29. The summed E-state index contributed by atoms with van der Waals surface area (Å²) in [7, 11) is 0. The van der Waals surface area contributed by atoms with Gasteiger partial charge in [-0.1, -0.05) is 0 Å². The van der Waals surface area contributed by atoms with Crippen LogP contribution in [0.3, 0.4) is 0 Å². The number of rotatable bonds is 2. The zero-order chi connectivity index (χ0) is 10.7. The summed E-state index contributed by atoms with van der Waals surface area (Å²) in [6.45, 7) is 2.21. The summed E-state index contributed by atoms with van der Waals surface area (Å²) in [6, 6.07) is 0.164. The van der Waals surface area contributed by atoms with Crippen LogP contribution in [-0.4, -0.2) is 28.9 Å². The van der Waals surface area contributed by atoms with Crippen LogP contribution < -0.4 is 5.32 Å². The van der Waals surface area contributed by atoms with Crippen molar-refractivity contribution in [1.82, 2.24) is 15.5 Å². The molecule has 0 bridgehead atoms. The Kier molecular flexibility index (Phi) is 2.89. The molecule has 1 aliphatic carbocycles. The fourth-order valence-corrected chi connectivity index (χ4v) is 1.87. The van der Waals surface area contributed by atoms with Crippen molar-refractivity contribution in [2.24, 2.45) is 0 Å². The summed E-state index contributed by atoms with van der Waals surface area (Å²) in [6.07, 6.45) is 4.25. The Balaban J connectivity index is 1.90. The highest BCUT2D eigenvalue weighted by Gasteiger charge is 2.21. The Morgan fingerprint density at radius 3 is 3.47 bits per heavy atom. The SMILES string of the molecule is CCOC(=O)NC1CCc2cn[nH]c2C1. The van der Waals surface area contributed by atoms with Crippen molar-refractivity contribution >= 4 is 6.09 Å². The molecular formula is C10H15N3O2.